The predicted molar refractivity (Wildman–Crippen MR) is 83.8 cm³/mol. The second-order valence-electron chi connectivity index (χ2n) is 5.51. The van der Waals surface area contributed by atoms with Gasteiger partial charge in [0.05, 0.1) is 7.05 Å². The van der Waals surface area contributed by atoms with E-state index < -0.39 is 0 Å². The van der Waals surface area contributed by atoms with E-state index in [1.54, 1.807) is 7.05 Å². The van der Waals surface area contributed by atoms with Crippen molar-refractivity contribution in [1.82, 2.24) is 14.5 Å². The van der Waals surface area contributed by atoms with Crippen LogP contribution in [0.5, 0.6) is 0 Å². The first kappa shape index (κ1) is 14.5. The summed E-state index contributed by atoms with van der Waals surface area (Å²) >= 11 is 0. The molecule has 0 amide bonds. The molecule has 7 heteroatoms. The lowest BCUT2D eigenvalue weighted by molar-refractivity contribution is -0.391. The fraction of sp³-hybridized carbons (Fsp3) is 0.400. The number of anilines is 1. The van der Waals surface area contributed by atoms with Gasteiger partial charge in [-0.25, -0.2) is 4.57 Å². The van der Waals surface area contributed by atoms with Crippen molar-refractivity contribution < 1.29 is 4.92 Å². The maximum Gasteiger partial charge on any atom is 0.367 e. The van der Waals surface area contributed by atoms with Crippen LogP contribution in [0.15, 0.2) is 36.7 Å². The van der Waals surface area contributed by atoms with Gasteiger partial charge in [-0.1, -0.05) is 30.3 Å². The average Bonchev–Trinajstić information content (AvgIpc) is 2.91. The third-order valence-corrected chi connectivity index (χ3v) is 3.98. The Hall–Kier alpha value is -2.41. The molecule has 22 heavy (non-hydrogen) atoms. The van der Waals surface area contributed by atoms with Crippen molar-refractivity contribution in [3.63, 3.8) is 0 Å². The number of rotatable bonds is 4. The number of aryl methyl sites for hydroxylation is 1. The van der Waals surface area contributed by atoms with Gasteiger partial charge >= 0.3 is 5.82 Å². The zero-order valence-electron chi connectivity index (χ0n) is 12.6. The number of nitrogens with zero attached hydrogens (tertiary/aromatic N) is 5. The molecule has 0 N–H and O–H groups in total. The van der Waals surface area contributed by atoms with E-state index in [9.17, 15) is 10.1 Å². The molecule has 0 bridgehead atoms. The maximum atomic E-state index is 11.2. The number of aromatic nitrogens is 2. The molecule has 0 radical (unpaired) electrons. The Morgan fingerprint density at radius 1 is 1.18 bits per heavy atom. The Balaban J connectivity index is 1.64. The monoisotopic (exact) mass is 301 g/mol. The second kappa shape index (κ2) is 6.15. The highest BCUT2D eigenvalue weighted by atomic mass is 16.6. The van der Waals surface area contributed by atoms with E-state index in [-0.39, 0.29) is 10.7 Å². The van der Waals surface area contributed by atoms with Crippen LogP contribution in [0.2, 0.25) is 0 Å². The van der Waals surface area contributed by atoms with Crippen LogP contribution in [0, 0.1) is 10.1 Å². The van der Waals surface area contributed by atoms with Crippen LogP contribution in [0.1, 0.15) is 5.56 Å². The van der Waals surface area contributed by atoms with Crippen LogP contribution in [-0.2, 0) is 13.6 Å². The molecule has 0 saturated carbocycles. The van der Waals surface area contributed by atoms with Crippen molar-refractivity contribution in [2.75, 3.05) is 31.1 Å². The van der Waals surface area contributed by atoms with E-state index in [0.29, 0.717) is 5.82 Å². The summed E-state index contributed by atoms with van der Waals surface area (Å²) in [5.74, 6) is 0.545. The van der Waals surface area contributed by atoms with Crippen molar-refractivity contribution in [1.29, 1.82) is 0 Å². The first-order valence-corrected chi connectivity index (χ1v) is 7.32. The summed E-state index contributed by atoms with van der Waals surface area (Å²) in [6, 6.07) is 10.3. The SMILES string of the molecule is Cn1cnc(N2CCN(Cc3ccccc3)CC2)c1[N+](=O)[O-]. The van der Waals surface area contributed by atoms with Crippen LogP contribution >= 0.6 is 0 Å². The maximum absolute atomic E-state index is 11.2. The lowest BCUT2D eigenvalue weighted by Crippen LogP contribution is -2.46. The highest BCUT2D eigenvalue weighted by Gasteiger charge is 2.27. The molecule has 1 aliphatic rings. The molecule has 3 rings (SSSR count). The van der Waals surface area contributed by atoms with Crippen LogP contribution in [0.3, 0.4) is 0 Å². The summed E-state index contributed by atoms with van der Waals surface area (Å²) in [5, 5.41) is 11.2. The van der Waals surface area contributed by atoms with Gasteiger partial charge in [-0.15, -0.1) is 0 Å². The van der Waals surface area contributed by atoms with Crippen molar-refractivity contribution in [3.05, 3.63) is 52.3 Å². The average molecular weight is 301 g/mol. The summed E-state index contributed by atoms with van der Waals surface area (Å²) in [4.78, 5) is 19.4. The first-order chi connectivity index (χ1) is 10.6. The Morgan fingerprint density at radius 2 is 1.86 bits per heavy atom. The quantitative estimate of drug-likeness (QED) is 0.634. The molecule has 1 saturated heterocycles. The Kier molecular flexibility index (Phi) is 4.06. The van der Waals surface area contributed by atoms with E-state index in [2.05, 4.69) is 22.0 Å². The first-order valence-electron chi connectivity index (χ1n) is 7.32. The van der Waals surface area contributed by atoms with Gasteiger partial charge in [0.1, 0.15) is 0 Å². The Bertz CT molecular complexity index is 647. The lowest BCUT2D eigenvalue weighted by atomic mass is 10.2. The molecular formula is C15H19N5O2. The van der Waals surface area contributed by atoms with E-state index >= 15 is 0 Å². The lowest BCUT2D eigenvalue weighted by Gasteiger charge is -2.34. The molecule has 0 spiro atoms. The van der Waals surface area contributed by atoms with Crippen molar-refractivity contribution in [3.8, 4) is 0 Å². The Labute approximate surface area is 128 Å². The minimum Gasteiger partial charge on any atom is -0.358 e. The molecular weight excluding hydrogens is 282 g/mol. The molecule has 7 nitrogen and oxygen atoms in total. The molecule has 0 atom stereocenters. The second-order valence-corrected chi connectivity index (χ2v) is 5.51. The highest BCUT2D eigenvalue weighted by Crippen LogP contribution is 2.26. The molecule has 1 fully saturated rings. The van der Waals surface area contributed by atoms with Gasteiger partial charge in [-0.2, -0.15) is 4.98 Å². The van der Waals surface area contributed by atoms with Gasteiger partial charge < -0.3 is 15.0 Å². The molecule has 0 aliphatic carbocycles. The number of imidazole rings is 1. The summed E-state index contributed by atoms with van der Waals surface area (Å²) in [5.41, 5.74) is 1.29. The fourth-order valence-electron chi connectivity index (χ4n) is 2.80. The summed E-state index contributed by atoms with van der Waals surface area (Å²) in [6.07, 6.45) is 1.50. The third kappa shape index (κ3) is 2.94. The van der Waals surface area contributed by atoms with Crippen molar-refractivity contribution in [2.24, 2.45) is 7.05 Å². The summed E-state index contributed by atoms with van der Waals surface area (Å²) in [6.45, 7) is 4.18. The Morgan fingerprint density at radius 3 is 2.50 bits per heavy atom. The molecule has 2 heterocycles. The minimum absolute atomic E-state index is 0.0662. The number of benzene rings is 1. The number of hydrogen-bond acceptors (Lipinski definition) is 5. The van der Waals surface area contributed by atoms with E-state index in [0.717, 1.165) is 32.7 Å². The molecule has 1 aromatic carbocycles. The van der Waals surface area contributed by atoms with Gasteiger partial charge in [-0.05, 0) is 10.5 Å². The standard InChI is InChI=1S/C15H19N5O2/c1-17-12-16-14(15(17)20(21)22)19-9-7-18(8-10-19)11-13-5-3-2-4-6-13/h2-6,12H,7-11H2,1H3. The van der Waals surface area contributed by atoms with Gasteiger partial charge in [0.25, 0.3) is 0 Å². The van der Waals surface area contributed by atoms with Crippen molar-refractivity contribution in [2.45, 2.75) is 6.54 Å². The summed E-state index contributed by atoms with van der Waals surface area (Å²) < 4.78 is 1.46. The van der Waals surface area contributed by atoms with Crippen LogP contribution < -0.4 is 4.90 Å². The molecule has 1 aromatic heterocycles. The van der Waals surface area contributed by atoms with E-state index in [1.165, 1.54) is 16.5 Å². The zero-order valence-corrected chi connectivity index (χ0v) is 12.6. The van der Waals surface area contributed by atoms with Gasteiger partial charge in [0.2, 0.25) is 5.82 Å². The number of hydrogen-bond donors (Lipinski definition) is 0. The van der Waals surface area contributed by atoms with Gasteiger partial charge in [0, 0.05) is 32.7 Å². The van der Waals surface area contributed by atoms with Crippen molar-refractivity contribution >= 4 is 11.6 Å². The number of piperazine rings is 1. The highest BCUT2D eigenvalue weighted by molar-refractivity contribution is 5.54. The van der Waals surface area contributed by atoms with Gasteiger partial charge in [-0.3, -0.25) is 4.90 Å². The summed E-state index contributed by atoms with van der Waals surface area (Å²) in [7, 11) is 1.65. The zero-order chi connectivity index (χ0) is 15.5. The third-order valence-electron chi connectivity index (χ3n) is 3.98. The molecule has 1 aliphatic heterocycles. The van der Waals surface area contributed by atoms with E-state index in [4.69, 9.17) is 0 Å². The predicted octanol–water partition coefficient (Wildman–Crippen LogP) is 1.65. The minimum atomic E-state index is -0.362. The number of nitro groups is 1. The largest absolute Gasteiger partial charge is 0.367 e. The molecule has 2 aromatic rings. The molecule has 0 unspecified atom stereocenters. The molecule has 116 valence electrons. The topological polar surface area (TPSA) is 67.4 Å². The van der Waals surface area contributed by atoms with Crippen LogP contribution in [0.25, 0.3) is 0 Å². The van der Waals surface area contributed by atoms with Crippen LogP contribution in [-0.4, -0.2) is 45.6 Å². The van der Waals surface area contributed by atoms with Crippen LogP contribution in [0.4, 0.5) is 11.6 Å². The fourth-order valence-corrected chi connectivity index (χ4v) is 2.80. The normalized spacial score (nSPS) is 16.0. The van der Waals surface area contributed by atoms with E-state index in [1.807, 2.05) is 23.1 Å². The smallest absolute Gasteiger partial charge is 0.358 e. The van der Waals surface area contributed by atoms with Gasteiger partial charge in [0.15, 0.2) is 6.33 Å².